The summed E-state index contributed by atoms with van der Waals surface area (Å²) in [4.78, 5) is 20.7. The van der Waals surface area contributed by atoms with Crippen LogP contribution in [0.15, 0.2) is 0 Å². The average Bonchev–Trinajstić information content (AvgIpc) is 2.49. The first-order chi connectivity index (χ1) is 11.1. The maximum absolute atomic E-state index is 10.4. The van der Waals surface area contributed by atoms with E-state index in [0.29, 0.717) is 12.8 Å². The Bertz CT molecular complexity index is 267. The topological polar surface area (TPSA) is 74.6 Å². The van der Waals surface area contributed by atoms with Gasteiger partial charge in [0.25, 0.3) is 0 Å². The van der Waals surface area contributed by atoms with Crippen LogP contribution in [-0.2, 0) is 9.59 Å². The van der Waals surface area contributed by atoms with Crippen LogP contribution in [-0.4, -0.2) is 34.5 Å². The highest BCUT2D eigenvalue weighted by atomic mass is 31.1. The van der Waals surface area contributed by atoms with Gasteiger partial charge in [0, 0.05) is 12.8 Å². The van der Waals surface area contributed by atoms with Crippen LogP contribution in [0.1, 0.15) is 89.9 Å². The second-order valence-corrected chi connectivity index (χ2v) is 7.78. The zero-order valence-electron chi connectivity index (χ0n) is 14.5. The van der Waals surface area contributed by atoms with E-state index in [2.05, 4.69) is 0 Å². The van der Waals surface area contributed by atoms with E-state index in [0.717, 1.165) is 34.3 Å². The number of hydrogen-bond donors (Lipinski definition) is 2. The number of unbranched alkanes of at least 4 members (excludes halogenated alkanes) is 10. The number of carboxylic acid groups (broad SMARTS) is 2. The van der Waals surface area contributed by atoms with Gasteiger partial charge in [-0.3, -0.25) is 9.59 Å². The normalized spacial score (nSPS) is 10.8. The fourth-order valence-corrected chi connectivity index (χ4v) is 3.84. The number of carboxylic acids is 2. The summed E-state index contributed by atoms with van der Waals surface area (Å²) < 4.78 is 0. The zero-order chi connectivity index (χ0) is 17.2. The first-order valence-corrected chi connectivity index (χ1v) is 10.7. The van der Waals surface area contributed by atoms with Crippen molar-refractivity contribution in [2.75, 3.05) is 12.3 Å². The van der Waals surface area contributed by atoms with Crippen molar-refractivity contribution in [2.45, 2.75) is 89.9 Å². The Morgan fingerprint density at radius 2 is 0.826 bits per heavy atom. The van der Waals surface area contributed by atoms with Crippen LogP contribution in [0.4, 0.5) is 0 Å². The van der Waals surface area contributed by atoms with Gasteiger partial charge in [-0.15, -0.1) is 8.58 Å². The Morgan fingerprint density at radius 1 is 0.522 bits per heavy atom. The Labute approximate surface area is 143 Å². The summed E-state index contributed by atoms with van der Waals surface area (Å²) in [7, 11) is 1.09. The molecule has 136 valence electrons. The molecule has 2 N–H and O–H groups in total. The summed E-state index contributed by atoms with van der Waals surface area (Å²) in [6, 6.07) is 0. The number of carbonyl (C=O) groups is 2. The lowest BCUT2D eigenvalue weighted by Crippen LogP contribution is -1.93. The Balaban J connectivity index is 3.00. The van der Waals surface area contributed by atoms with Crippen LogP contribution in [0.3, 0.4) is 0 Å². The van der Waals surface area contributed by atoms with Crippen molar-refractivity contribution in [2.24, 2.45) is 0 Å². The van der Waals surface area contributed by atoms with E-state index in [1.165, 1.54) is 63.7 Å². The summed E-state index contributed by atoms with van der Waals surface area (Å²) in [6.07, 6.45) is 17.2. The van der Waals surface area contributed by atoms with Crippen molar-refractivity contribution in [1.82, 2.24) is 0 Å². The lowest BCUT2D eigenvalue weighted by Gasteiger charge is -2.03. The van der Waals surface area contributed by atoms with Crippen LogP contribution < -0.4 is 0 Å². The van der Waals surface area contributed by atoms with Crippen molar-refractivity contribution < 1.29 is 19.8 Å². The van der Waals surface area contributed by atoms with E-state index in [1.807, 2.05) is 0 Å². The SMILES string of the molecule is O=C(O)CCCCCCCCPCCCCCCCCC(=O)O. The minimum Gasteiger partial charge on any atom is -0.481 e. The predicted molar refractivity (Wildman–Crippen MR) is 98.0 cm³/mol. The van der Waals surface area contributed by atoms with Gasteiger partial charge in [0.1, 0.15) is 0 Å². The molecule has 23 heavy (non-hydrogen) atoms. The molecule has 0 aliphatic heterocycles. The molecule has 0 amide bonds. The van der Waals surface area contributed by atoms with E-state index in [1.54, 1.807) is 0 Å². The van der Waals surface area contributed by atoms with E-state index in [9.17, 15) is 9.59 Å². The van der Waals surface area contributed by atoms with Gasteiger partial charge >= 0.3 is 11.9 Å². The molecule has 0 aliphatic carbocycles. The van der Waals surface area contributed by atoms with Crippen LogP contribution in [0, 0.1) is 0 Å². The smallest absolute Gasteiger partial charge is 0.303 e. The van der Waals surface area contributed by atoms with Gasteiger partial charge in [-0.05, 0) is 38.0 Å². The third kappa shape index (κ3) is 21.4. The monoisotopic (exact) mass is 346 g/mol. The van der Waals surface area contributed by atoms with Gasteiger partial charge in [0.15, 0.2) is 0 Å². The molecule has 0 saturated carbocycles. The molecule has 0 aromatic carbocycles. The highest BCUT2D eigenvalue weighted by Gasteiger charge is 1.98. The van der Waals surface area contributed by atoms with Gasteiger partial charge in [-0.2, -0.15) is 0 Å². The predicted octanol–water partition coefficient (Wildman–Crippen LogP) is 5.30. The molecule has 0 rings (SSSR count). The molecule has 0 aliphatic rings. The number of aliphatic carboxylic acids is 2. The van der Waals surface area contributed by atoms with Gasteiger partial charge in [0.2, 0.25) is 0 Å². The Morgan fingerprint density at radius 3 is 1.17 bits per heavy atom. The van der Waals surface area contributed by atoms with Gasteiger partial charge in [0.05, 0.1) is 0 Å². The first kappa shape index (κ1) is 22.4. The van der Waals surface area contributed by atoms with Gasteiger partial charge < -0.3 is 10.2 Å². The average molecular weight is 346 g/mol. The highest BCUT2D eigenvalue weighted by molar-refractivity contribution is 7.37. The fourth-order valence-electron chi connectivity index (χ4n) is 2.59. The lowest BCUT2D eigenvalue weighted by atomic mass is 10.1. The minimum absolute atomic E-state index is 0.320. The quantitative estimate of drug-likeness (QED) is 0.261. The fraction of sp³-hybridized carbons (Fsp3) is 0.889. The molecule has 5 heteroatoms. The highest BCUT2D eigenvalue weighted by Crippen LogP contribution is 2.18. The third-order valence-corrected chi connectivity index (χ3v) is 5.40. The summed E-state index contributed by atoms with van der Waals surface area (Å²) in [5, 5.41) is 17.1. The van der Waals surface area contributed by atoms with E-state index in [4.69, 9.17) is 10.2 Å². The number of rotatable bonds is 18. The molecule has 0 atom stereocenters. The standard InChI is InChI=1S/C18H35O4P/c19-17(20)13-9-5-1-3-7-11-15-23-16-12-8-4-2-6-10-14-18(21)22/h23H,1-16H2,(H,19,20)(H,21,22). The van der Waals surface area contributed by atoms with Crippen molar-refractivity contribution in [1.29, 1.82) is 0 Å². The minimum atomic E-state index is -0.675. The van der Waals surface area contributed by atoms with Crippen LogP contribution in [0.2, 0.25) is 0 Å². The molecule has 0 aromatic rings. The second-order valence-electron chi connectivity index (χ2n) is 6.28. The van der Waals surface area contributed by atoms with Crippen molar-refractivity contribution in [3.63, 3.8) is 0 Å². The van der Waals surface area contributed by atoms with E-state index in [-0.39, 0.29) is 0 Å². The van der Waals surface area contributed by atoms with Gasteiger partial charge in [-0.25, -0.2) is 0 Å². The first-order valence-electron chi connectivity index (χ1n) is 9.27. The maximum atomic E-state index is 10.4. The van der Waals surface area contributed by atoms with Crippen LogP contribution in [0.25, 0.3) is 0 Å². The van der Waals surface area contributed by atoms with E-state index < -0.39 is 11.9 Å². The van der Waals surface area contributed by atoms with Crippen LogP contribution >= 0.6 is 8.58 Å². The summed E-state index contributed by atoms with van der Waals surface area (Å²) in [5.41, 5.74) is 0. The van der Waals surface area contributed by atoms with E-state index >= 15 is 0 Å². The number of hydrogen-bond acceptors (Lipinski definition) is 2. The summed E-state index contributed by atoms with van der Waals surface area (Å²) >= 11 is 0. The molecule has 0 heterocycles. The molecule has 4 nitrogen and oxygen atoms in total. The molecule has 0 fully saturated rings. The summed E-state index contributed by atoms with van der Waals surface area (Å²) in [5.74, 6) is -1.35. The lowest BCUT2D eigenvalue weighted by molar-refractivity contribution is -0.138. The molecular formula is C18H35O4P. The summed E-state index contributed by atoms with van der Waals surface area (Å²) in [6.45, 7) is 0. The second kappa shape index (κ2) is 17.7. The van der Waals surface area contributed by atoms with Crippen molar-refractivity contribution in [3.8, 4) is 0 Å². The molecule has 0 aromatic heterocycles. The van der Waals surface area contributed by atoms with Crippen LogP contribution in [0.5, 0.6) is 0 Å². The molecule has 0 saturated heterocycles. The molecular weight excluding hydrogens is 311 g/mol. The maximum Gasteiger partial charge on any atom is 0.303 e. The Hall–Kier alpha value is -0.630. The molecule has 0 spiro atoms. The Kier molecular flexibility index (Phi) is 17.2. The van der Waals surface area contributed by atoms with Crippen molar-refractivity contribution >= 4 is 20.5 Å². The van der Waals surface area contributed by atoms with Gasteiger partial charge in [-0.1, -0.05) is 51.4 Å². The third-order valence-electron chi connectivity index (χ3n) is 3.99. The van der Waals surface area contributed by atoms with Crippen molar-refractivity contribution in [3.05, 3.63) is 0 Å². The molecule has 0 unspecified atom stereocenters. The zero-order valence-corrected chi connectivity index (χ0v) is 15.5. The molecule has 0 bridgehead atoms. The molecule has 0 radical (unpaired) electrons. The largest absolute Gasteiger partial charge is 0.481 e.